The highest BCUT2D eigenvalue weighted by molar-refractivity contribution is 6.13. The number of aliphatic hydroxyl groups is 2. The minimum atomic E-state index is -1.35. The van der Waals surface area contributed by atoms with Crippen LogP contribution in [0.5, 0.6) is 0 Å². The molecule has 2 aromatic rings. The van der Waals surface area contributed by atoms with E-state index in [0.29, 0.717) is 0 Å². The molecule has 3 N–H and O–H groups in total. The van der Waals surface area contributed by atoms with Crippen molar-refractivity contribution in [1.29, 1.82) is 0 Å². The second-order valence-electron chi connectivity index (χ2n) is 6.13. The first-order chi connectivity index (χ1) is 12.5. The van der Waals surface area contributed by atoms with Crippen molar-refractivity contribution in [2.45, 2.75) is 18.4 Å². The molecule has 3 aliphatic rings. The number of nitrogens with zero attached hydrogens (tertiary/aromatic N) is 2. The first-order valence-electron chi connectivity index (χ1n) is 7.99. The van der Waals surface area contributed by atoms with Crippen LogP contribution in [0, 0.1) is 5.92 Å². The van der Waals surface area contributed by atoms with Crippen LogP contribution in [-0.4, -0.2) is 50.3 Å². The molecule has 2 bridgehead atoms. The molecule has 1 saturated heterocycles. The van der Waals surface area contributed by atoms with E-state index in [1.54, 1.807) is 12.1 Å². The van der Waals surface area contributed by atoms with E-state index in [9.17, 15) is 24.6 Å². The summed E-state index contributed by atoms with van der Waals surface area (Å²) in [5.74, 6) is -2.29. The molecule has 0 aliphatic carbocycles. The molecule has 1 aromatic carbocycles. The van der Waals surface area contributed by atoms with Crippen molar-refractivity contribution in [1.82, 2.24) is 9.55 Å². The van der Waals surface area contributed by atoms with E-state index in [1.165, 1.54) is 24.4 Å². The zero-order valence-corrected chi connectivity index (χ0v) is 13.4. The molecule has 134 valence electrons. The van der Waals surface area contributed by atoms with E-state index < -0.39 is 48.3 Å². The van der Waals surface area contributed by atoms with Gasteiger partial charge >= 0.3 is 5.69 Å². The molecule has 9 nitrogen and oxygen atoms in total. The number of hydrogen-bond acceptors (Lipinski definition) is 7. The highest BCUT2D eigenvalue weighted by atomic mass is 16.5. The maximum absolute atomic E-state index is 13.1. The third-order valence-corrected chi connectivity index (χ3v) is 4.64. The quantitative estimate of drug-likeness (QED) is 0.630. The van der Waals surface area contributed by atoms with E-state index >= 15 is 0 Å². The van der Waals surface area contributed by atoms with Crippen LogP contribution >= 0.6 is 0 Å². The number of fused-ring (bicyclic) bond motifs is 3. The molecule has 9 heteroatoms. The van der Waals surface area contributed by atoms with Crippen molar-refractivity contribution in [3.63, 3.8) is 0 Å². The van der Waals surface area contributed by atoms with Gasteiger partial charge in [-0.25, -0.2) is 4.79 Å². The van der Waals surface area contributed by atoms with Gasteiger partial charge in [0.15, 0.2) is 12.0 Å². The predicted octanol–water partition coefficient (Wildman–Crippen LogP) is -0.441. The molecule has 26 heavy (non-hydrogen) atoms. The minimum Gasteiger partial charge on any atom is -0.394 e. The fourth-order valence-corrected chi connectivity index (χ4v) is 3.35. The summed E-state index contributed by atoms with van der Waals surface area (Å²) in [7, 11) is 0. The Morgan fingerprint density at radius 3 is 2.58 bits per heavy atom. The Labute approximate surface area is 146 Å². The molecule has 4 atom stereocenters. The van der Waals surface area contributed by atoms with Gasteiger partial charge in [-0.2, -0.15) is 4.98 Å². The molecule has 0 spiro atoms. The number of benzene rings is 1. The Morgan fingerprint density at radius 2 is 1.88 bits per heavy atom. The minimum absolute atomic E-state index is 0.0363. The van der Waals surface area contributed by atoms with Gasteiger partial charge in [0.2, 0.25) is 0 Å². The van der Waals surface area contributed by atoms with Crippen molar-refractivity contribution < 1.29 is 24.5 Å². The number of aromatic nitrogens is 2. The number of anilines is 1. The number of carbonyl (C=O) groups is 2. The molecule has 1 fully saturated rings. The molecule has 5 rings (SSSR count). The van der Waals surface area contributed by atoms with Crippen molar-refractivity contribution in [3.05, 3.63) is 58.1 Å². The van der Waals surface area contributed by atoms with E-state index in [0.717, 1.165) is 4.57 Å². The third-order valence-electron chi connectivity index (χ3n) is 4.64. The summed E-state index contributed by atoms with van der Waals surface area (Å²) in [5.41, 5.74) is -0.557. The molecule has 0 saturated carbocycles. The number of carbonyl (C=O) groups excluding carboxylic acids is 2. The highest BCUT2D eigenvalue weighted by Crippen LogP contribution is 2.37. The average Bonchev–Trinajstić information content (AvgIpc) is 2.96. The summed E-state index contributed by atoms with van der Waals surface area (Å²) in [6, 6.07) is 7.54. The lowest BCUT2D eigenvalue weighted by Gasteiger charge is -2.21. The monoisotopic (exact) mass is 357 g/mol. The molecule has 3 aliphatic heterocycles. The molecule has 1 aromatic heterocycles. The van der Waals surface area contributed by atoms with Gasteiger partial charge in [-0.05, 0) is 12.1 Å². The number of Topliss-reactive ketones (excluding diaryl/α,β-unsaturated/α-hetero) is 1. The first-order valence-corrected chi connectivity index (χ1v) is 7.99. The zero-order chi connectivity index (χ0) is 18.4. The van der Waals surface area contributed by atoms with Crippen LogP contribution in [0.4, 0.5) is 5.82 Å². The van der Waals surface area contributed by atoms with E-state index in [4.69, 9.17) is 4.74 Å². The van der Waals surface area contributed by atoms with Crippen molar-refractivity contribution in [3.8, 4) is 0 Å². The summed E-state index contributed by atoms with van der Waals surface area (Å²) >= 11 is 0. The number of nitrogens with one attached hydrogen (secondary N) is 1. The Bertz CT molecular complexity index is 956. The number of amides is 1. The molecule has 0 unspecified atom stereocenters. The lowest BCUT2D eigenvalue weighted by Crippen LogP contribution is -2.37. The topological polar surface area (TPSA) is 131 Å². The smallest absolute Gasteiger partial charge is 0.351 e. The number of ketones is 1. The van der Waals surface area contributed by atoms with Crippen LogP contribution in [-0.2, 0) is 4.74 Å². The van der Waals surface area contributed by atoms with Crippen molar-refractivity contribution in [2.24, 2.45) is 5.92 Å². The van der Waals surface area contributed by atoms with Crippen LogP contribution in [0.2, 0.25) is 0 Å². The van der Waals surface area contributed by atoms with Gasteiger partial charge in [0.1, 0.15) is 11.9 Å². The normalized spacial score (nSPS) is 27.5. The van der Waals surface area contributed by atoms with E-state index in [-0.39, 0.29) is 16.9 Å². The van der Waals surface area contributed by atoms with Gasteiger partial charge < -0.3 is 20.3 Å². The van der Waals surface area contributed by atoms with Gasteiger partial charge in [-0.1, -0.05) is 18.2 Å². The number of aliphatic hydroxyl groups excluding tert-OH is 2. The largest absolute Gasteiger partial charge is 0.394 e. The maximum Gasteiger partial charge on any atom is 0.351 e. The predicted molar refractivity (Wildman–Crippen MR) is 87.7 cm³/mol. The summed E-state index contributed by atoms with van der Waals surface area (Å²) in [6.07, 6.45) is -2.20. The van der Waals surface area contributed by atoms with Gasteiger partial charge in [0.05, 0.1) is 24.2 Å². The highest BCUT2D eigenvalue weighted by Gasteiger charge is 2.49. The second-order valence-corrected chi connectivity index (χ2v) is 6.13. The molecular formula is C17H15N3O6. The molecule has 1 amide bonds. The van der Waals surface area contributed by atoms with Crippen molar-refractivity contribution >= 4 is 17.5 Å². The molecule has 0 radical (unpaired) electrons. The van der Waals surface area contributed by atoms with Crippen LogP contribution in [0.25, 0.3) is 0 Å². The van der Waals surface area contributed by atoms with E-state index in [2.05, 4.69) is 10.3 Å². The lowest BCUT2D eigenvalue weighted by molar-refractivity contribution is -0.0473. The van der Waals surface area contributed by atoms with Crippen LogP contribution in [0.15, 0.2) is 41.3 Å². The lowest BCUT2D eigenvalue weighted by atomic mass is 9.88. The Balaban J connectivity index is 1.96. The van der Waals surface area contributed by atoms with Gasteiger partial charge in [-0.15, -0.1) is 0 Å². The van der Waals surface area contributed by atoms with E-state index in [1.807, 2.05) is 0 Å². The standard InChI is InChI=1S/C17H15N3O6/c21-7-10-14(23)12-13(22)8-3-1-2-4-9(8)15(24)18-11-5-6-20(16(12)26-10)17(25)19-11/h1-6,10,12,14,16,21,23H,7H2,(H,18,19,24,25)/t10-,12-,14-,16-/m1/s1. The number of hydrogen-bond donors (Lipinski definition) is 3. The molecular weight excluding hydrogens is 342 g/mol. The number of ether oxygens (including phenoxy) is 1. The third kappa shape index (κ3) is 2.45. The summed E-state index contributed by atoms with van der Waals surface area (Å²) in [6.45, 7) is -0.524. The summed E-state index contributed by atoms with van der Waals surface area (Å²) in [5, 5.41) is 22.4. The first kappa shape index (κ1) is 16.6. The van der Waals surface area contributed by atoms with Crippen LogP contribution < -0.4 is 11.0 Å². The van der Waals surface area contributed by atoms with Gasteiger partial charge in [-0.3, -0.25) is 14.2 Å². The zero-order valence-electron chi connectivity index (χ0n) is 13.4. The summed E-state index contributed by atoms with van der Waals surface area (Å²) in [4.78, 5) is 41.8. The Kier molecular flexibility index (Phi) is 3.91. The Hall–Kier alpha value is -2.88. The van der Waals surface area contributed by atoms with Gasteiger partial charge in [0, 0.05) is 11.8 Å². The average molecular weight is 357 g/mol. The second kappa shape index (κ2) is 6.13. The Morgan fingerprint density at radius 1 is 1.15 bits per heavy atom. The number of rotatable bonds is 1. The fourth-order valence-electron chi connectivity index (χ4n) is 3.35. The fraction of sp³-hybridized carbons (Fsp3) is 0.294. The van der Waals surface area contributed by atoms with Crippen LogP contribution in [0.3, 0.4) is 0 Å². The summed E-state index contributed by atoms with van der Waals surface area (Å²) < 4.78 is 6.64. The van der Waals surface area contributed by atoms with Crippen molar-refractivity contribution in [2.75, 3.05) is 11.9 Å². The van der Waals surface area contributed by atoms with Gasteiger partial charge in [0.25, 0.3) is 5.91 Å². The maximum atomic E-state index is 13.1. The van der Waals surface area contributed by atoms with Crippen LogP contribution in [0.1, 0.15) is 26.9 Å². The molecule has 4 heterocycles. The SMILES string of the molecule is O=C1Nc2ccn(c(=O)n2)[C@@H]2O[C@H](CO)[C@@H](O)[C@H]2C(=O)c2ccccc21.